The zero-order valence-corrected chi connectivity index (χ0v) is 35.6. The quantitative estimate of drug-likeness (QED) is 0.159. The van der Waals surface area contributed by atoms with Gasteiger partial charge in [0.2, 0.25) is 0 Å². The van der Waals surface area contributed by atoms with Crippen molar-refractivity contribution in [1.82, 2.24) is 4.57 Å². The first-order valence-electron chi connectivity index (χ1n) is 21.8. The molecule has 0 N–H and O–H groups in total. The predicted molar refractivity (Wildman–Crippen MR) is 255 cm³/mol. The molecule has 0 saturated carbocycles. The van der Waals surface area contributed by atoms with E-state index in [9.17, 15) is 0 Å². The first kappa shape index (κ1) is 36.6. The molecule has 0 amide bonds. The zero-order chi connectivity index (χ0) is 40.9. The molecule has 0 spiro atoms. The lowest BCUT2D eigenvalue weighted by molar-refractivity contribution is 0.299. The summed E-state index contributed by atoms with van der Waals surface area (Å²) in [5.41, 5.74) is 24.0. The fraction of sp³-hybridized carbons (Fsp3) is 0.186. The number of aryl methyl sites for hydroxylation is 3. The van der Waals surface area contributed by atoms with Crippen LogP contribution in [0, 0.1) is 13.8 Å². The molecule has 0 radical (unpaired) electrons. The minimum absolute atomic E-state index is 0.0994. The van der Waals surface area contributed by atoms with Gasteiger partial charge in [-0.1, -0.05) is 167 Å². The average Bonchev–Trinajstić information content (AvgIpc) is 3.77. The number of para-hydroxylation sites is 1. The predicted octanol–water partition coefficient (Wildman–Crippen LogP) is 15.7. The highest BCUT2D eigenvalue weighted by molar-refractivity contribution is 6.10. The second-order valence-corrected chi connectivity index (χ2v) is 18.6. The molecular formula is C59H51N. The number of aromatic nitrogens is 1. The Bertz CT molecular complexity index is 3190. The highest BCUT2D eigenvalue weighted by atomic mass is 15.0. The minimum atomic E-state index is -0.121. The molecule has 11 rings (SSSR count). The van der Waals surface area contributed by atoms with Gasteiger partial charge in [-0.25, -0.2) is 0 Å². The molecule has 1 heteroatoms. The summed E-state index contributed by atoms with van der Waals surface area (Å²) in [7, 11) is 0. The van der Waals surface area contributed by atoms with Crippen molar-refractivity contribution in [1.29, 1.82) is 0 Å². The van der Waals surface area contributed by atoms with Gasteiger partial charge in [0.1, 0.15) is 0 Å². The normalized spacial score (nSPS) is 15.7. The van der Waals surface area contributed by atoms with E-state index in [4.69, 9.17) is 0 Å². The van der Waals surface area contributed by atoms with Gasteiger partial charge in [0, 0.05) is 22.4 Å². The van der Waals surface area contributed by atoms with E-state index in [1.165, 1.54) is 111 Å². The number of nitrogens with zero attached hydrogens (tertiary/aromatic N) is 1. The maximum absolute atomic E-state index is 2.56. The van der Waals surface area contributed by atoms with Crippen LogP contribution in [0.5, 0.6) is 0 Å². The molecular weight excluding hydrogens is 723 g/mol. The van der Waals surface area contributed by atoms with Gasteiger partial charge in [-0.2, -0.15) is 0 Å². The third-order valence-electron chi connectivity index (χ3n) is 14.9. The molecule has 1 aromatic heterocycles. The van der Waals surface area contributed by atoms with Crippen molar-refractivity contribution in [3.8, 4) is 50.2 Å². The largest absolute Gasteiger partial charge is 0.309 e. The van der Waals surface area contributed by atoms with E-state index < -0.39 is 0 Å². The summed E-state index contributed by atoms with van der Waals surface area (Å²) in [6, 6.07) is 64.3. The molecule has 1 nitrogen and oxygen atoms in total. The first-order valence-corrected chi connectivity index (χ1v) is 21.8. The Morgan fingerprint density at radius 2 is 0.983 bits per heavy atom. The Kier molecular flexibility index (Phi) is 8.27. The monoisotopic (exact) mass is 773 g/mol. The van der Waals surface area contributed by atoms with Crippen LogP contribution in [0.4, 0.5) is 0 Å². The van der Waals surface area contributed by atoms with E-state index in [0.717, 1.165) is 12.8 Å². The Balaban J connectivity index is 0.972. The number of hydrogen-bond donors (Lipinski definition) is 0. The molecule has 2 aliphatic rings. The minimum Gasteiger partial charge on any atom is -0.309 e. The molecule has 0 fully saturated rings. The van der Waals surface area contributed by atoms with E-state index in [0.29, 0.717) is 5.92 Å². The van der Waals surface area contributed by atoms with Crippen LogP contribution < -0.4 is 0 Å². The standard InChI is InChI=1S/C59H51N/c1-37-15-7-9-17-43(37)40-25-30-48-46-20-12-11-19-45(46)47(53(48)34-40)28-23-39-24-29-49-50-32-27-42(36-55(50)59(5,6)58(3,4)54(49)33-39)60-56-22-14-13-21-51(56)52-31-26-41(35-57(52)60)44-18-10-8-16-38(44)2/h7-22,24-27,29-36,47H,23,28H2,1-6H3. The van der Waals surface area contributed by atoms with Crippen molar-refractivity contribution >= 4 is 21.8 Å². The van der Waals surface area contributed by atoms with Crippen LogP contribution in [0.2, 0.25) is 0 Å². The Morgan fingerprint density at radius 1 is 0.433 bits per heavy atom. The van der Waals surface area contributed by atoms with Crippen LogP contribution in [0.25, 0.3) is 72.0 Å². The second-order valence-electron chi connectivity index (χ2n) is 18.6. The summed E-state index contributed by atoms with van der Waals surface area (Å²) in [4.78, 5) is 0. The SMILES string of the molecule is Cc1ccccc1-c1ccc2c(c1)C(CCc1ccc3c(c1)C(C)(C)C(C)(C)c1cc(-n4c5ccccc5c5ccc(-c6ccccc6C)cc54)ccc1-3)c1ccccc1-2. The molecule has 1 atom stereocenters. The third kappa shape index (κ3) is 5.45. The molecule has 0 bridgehead atoms. The molecule has 1 unspecified atom stereocenters. The molecule has 292 valence electrons. The molecule has 1 heterocycles. The van der Waals surface area contributed by atoms with E-state index in [2.05, 4.69) is 216 Å². The van der Waals surface area contributed by atoms with Gasteiger partial charge in [-0.05, 0) is 151 Å². The maximum Gasteiger partial charge on any atom is 0.0547 e. The average molecular weight is 774 g/mol. The topological polar surface area (TPSA) is 4.93 Å². The molecule has 8 aromatic carbocycles. The van der Waals surface area contributed by atoms with Gasteiger partial charge in [0.15, 0.2) is 0 Å². The molecule has 0 saturated heterocycles. The Labute approximate surface area is 355 Å². The van der Waals surface area contributed by atoms with Crippen molar-refractivity contribution in [2.75, 3.05) is 0 Å². The molecule has 0 aliphatic heterocycles. The lowest BCUT2D eigenvalue weighted by Crippen LogP contribution is -2.43. The molecule has 60 heavy (non-hydrogen) atoms. The van der Waals surface area contributed by atoms with Gasteiger partial charge in [-0.15, -0.1) is 0 Å². The van der Waals surface area contributed by atoms with Crippen LogP contribution in [0.3, 0.4) is 0 Å². The third-order valence-corrected chi connectivity index (χ3v) is 14.9. The van der Waals surface area contributed by atoms with Gasteiger partial charge >= 0.3 is 0 Å². The van der Waals surface area contributed by atoms with E-state index >= 15 is 0 Å². The lowest BCUT2D eigenvalue weighted by Gasteiger charge is -2.48. The maximum atomic E-state index is 2.56. The van der Waals surface area contributed by atoms with Crippen molar-refractivity contribution in [2.24, 2.45) is 0 Å². The van der Waals surface area contributed by atoms with Crippen molar-refractivity contribution in [3.05, 3.63) is 209 Å². The first-order chi connectivity index (χ1) is 29.1. The van der Waals surface area contributed by atoms with Gasteiger partial charge in [0.05, 0.1) is 11.0 Å². The van der Waals surface area contributed by atoms with Crippen LogP contribution in [0.15, 0.2) is 170 Å². The molecule has 9 aromatic rings. The zero-order valence-electron chi connectivity index (χ0n) is 35.6. The number of benzene rings is 8. The van der Waals surface area contributed by atoms with E-state index in [1.807, 2.05) is 0 Å². The van der Waals surface area contributed by atoms with Crippen molar-refractivity contribution in [3.63, 3.8) is 0 Å². The summed E-state index contributed by atoms with van der Waals surface area (Å²) >= 11 is 0. The van der Waals surface area contributed by atoms with Gasteiger partial charge < -0.3 is 4.57 Å². The van der Waals surface area contributed by atoms with Crippen LogP contribution in [-0.4, -0.2) is 4.57 Å². The fourth-order valence-electron chi connectivity index (χ4n) is 10.9. The van der Waals surface area contributed by atoms with Crippen molar-refractivity contribution < 1.29 is 0 Å². The summed E-state index contributed by atoms with van der Waals surface area (Å²) < 4.78 is 2.50. The van der Waals surface area contributed by atoms with E-state index in [1.54, 1.807) is 0 Å². The summed E-state index contributed by atoms with van der Waals surface area (Å²) in [6.07, 6.45) is 2.11. The number of rotatable bonds is 6. The van der Waals surface area contributed by atoms with Gasteiger partial charge in [0.25, 0.3) is 0 Å². The lowest BCUT2D eigenvalue weighted by atomic mass is 9.55. The number of hydrogen-bond acceptors (Lipinski definition) is 0. The highest BCUT2D eigenvalue weighted by Crippen LogP contribution is 2.55. The molecule has 2 aliphatic carbocycles. The van der Waals surface area contributed by atoms with Gasteiger partial charge in [-0.3, -0.25) is 0 Å². The van der Waals surface area contributed by atoms with E-state index in [-0.39, 0.29) is 10.8 Å². The van der Waals surface area contributed by atoms with Crippen molar-refractivity contribution in [2.45, 2.75) is 71.1 Å². The van der Waals surface area contributed by atoms with Crippen LogP contribution in [-0.2, 0) is 17.3 Å². The summed E-state index contributed by atoms with van der Waals surface area (Å²) in [5, 5.41) is 2.57. The fourth-order valence-corrected chi connectivity index (χ4v) is 10.9. The van der Waals surface area contributed by atoms with Crippen LogP contribution in [0.1, 0.15) is 79.0 Å². The Hall–Kier alpha value is -6.44. The Morgan fingerprint density at radius 3 is 1.72 bits per heavy atom. The van der Waals surface area contributed by atoms with Crippen LogP contribution >= 0.6 is 0 Å². The highest BCUT2D eigenvalue weighted by Gasteiger charge is 2.46. The number of fused-ring (bicyclic) bond motifs is 9. The summed E-state index contributed by atoms with van der Waals surface area (Å²) in [6.45, 7) is 14.3. The second kappa shape index (κ2) is 13.5. The summed E-state index contributed by atoms with van der Waals surface area (Å²) in [5.74, 6) is 0.369. The smallest absolute Gasteiger partial charge is 0.0547 e.